The lowest BCUT2D eigenvalue weighted by Crippen LogP contribution is -2.50. The van der Waals surface area contributed by atoms with Gasteiger partial charge < -0.3 is 10.2 Å². The number of amides is 2. The Balaban J connectivity index is 2.15. The van der Waals surface area contributed by atoms with E-state index in [0.29, 0.717) is 19.0 Å². The maximum absolute atomic E-state index is 13.7. The number of rotatable bonds is 3. The van der Waals surface area contributed by atoms with Gasteiger partial charge in [0.25, 0.3) is 0 Å². The number of hydrogen-bond acceptors (Lipinski definition) is 2. The summed E-state index contributed by atoms with van der Waals surface area (Å²) in [6.45, 7) is 6.03. The van der Waals surface area contributed by atoms with Crippen LogP contribution >= 0.6 is 0 Å². The average Bonchev–Trinajstić information content (AvgIpc) is 2.54. The number of benzene rings is 1. The van der Waals surface area contributed by atoms with Crippen LogP contribution in [0, 0.1) is 28.8 Å². The summed E-state index contributed by atoms with van der Waals surface area (Å²) in [5, 5.41) is 2.18. The zero-order chi connectivity index (χ0) is 18.1. The van der Waals surface area contributed by atoms with Crippen molar-refractivity contribution in [3.63, 3.8) is 0 Å². The summed E-state index contributed by atoms with van der Waals surface area (Å²) >= 11 is 0. The quantitative estimate of drug-likeness (QED) is 0.677. The summed E-state index contributed by atoms with van der Waals surface area (Å²) in [6, 6.07) is 1.64. The van der Waals surface area contributed by atoms with Crippen LogP contribution in [0.2, 0.25) is 0 Å². The molecule has 1 unspecified atom stereocenters. The van der Waals surface area contributed by atoms with E-state index >= 15 is 0 Å². The van der Waals surface area contributed by atoms with E-state index < -0.39 is 34.5 Å². The maximum Gasteiger partial charge on any atom is 0.239 e. The standard InChI is InChI=1S/C17H21F3N2O2/c1-10-5-4-8-22(9-10)16(24)17(2,3)15(23)21-12-7-6-11(18)13(19)14(12)20/h6-7,10H,4-5,8-9H2,1-3H3,(H,21,23). The lowest BCUT2D eigenvalue weighted by molar-refractivity contribution is -0.147. The van der Waals surface area contributed by atoms with Crippen molar-refractivity contribution in [3.05, 3.63) is 29.6 Å². The highest BCUT2D eigenvalue weighted by Crippen LogP contribution is 2.27. The third-order valence-electron chi connectivity index (χ3n) is 4.33. The van der Waals surface area contributed by atoms with Gasteiger partial charge in [0.1, 0.15) is 5.41 Å². The van der Waals surface area contributed by atoms with E-state index in [2.05, 4.69) is 5.32 Å². The normalized spacial score (nSPS) is 18.4. The SMILES string of the molecule is CC1CCCN(C(=O)C(C)(C)C(=O)Nc2ccc(F)c(F)c2F)C1. The second kappa shape index (κ2) is 6.83. The Morgan fingerprint density at radius 2 is 1.88 bits per heavy atom. The van der Waals surface area contributed by atoms with Crippen molar-refractivity contribution in [3.8, 4) is 0 Å². The van der Waals surface area contributed by atoms with E-state index in [1.165, 1.54) is 13.8 Å². The highest BCUT2D eigenvalue weighted by atomic mass is 19.2. The summed E-state index contributed by atoms with van der Waals surface area (Å²) in [5.41, 5.74) is -1.94. The number of halogens is 3. The molecule has 1 fully saturated rings. The fraction of sp³-hybridized carbons (Fsp3) is 0.529. The molecule has 24 heavy (non-hydrogen) atoms. The van der Waals surface area contributed by atoms with E-state index in [9.17, 15) is 22.8 Å². The smallest absolute Gasteiger partial charge is 0.239 e. The van der Waals surface area contributed by atoms with Gasteiger partial charge in [-0.2, -0.15) is 0 Å². The van der Waals surface area contributed by atoms with Gasteiger partial charge in [0.05, 0.1) is 5.69 Å². The summed E-state index contributed by atoms with van der Waals surface area (Å²) < 4.78 is 39.9. The molecule has 1 aromatic carbocycles. The second-order valence-corrected chi connectivity index (χ2v) is 6.80. The molecule has 1 atom stereocenters. The number of carbonyl (C=O) groups excluding carboxylic acids is 2. The molecule has 1 saturated heterocycles. The van der Waals surface area contributed by atoms with E-state index in [0.717, 1.165) is 25.0 Å². The van der Waals surface area contributed by atoms with Crippen LogP contribution in [-0.4, -0.2) is 29.8 Å². The van der Waals surface area contributed by atoms with Gasteiger partial charge in [0, 0.05) is 13.1 Å². The van der Waals surface area contributed by atoms with Gasteiger partial charge in [-0.1, -0.05) is 6.92 Å². The van der Waals surface area contributed by atoms with Gasteiger partial charge in [-0.05, 0) is 44.7 Å². The molecule has 0 spiro atoms. The Morgan fingerprint density at radius 1 is 1.21 bits per heavy atom. The molecule has 4 nitrogen and oxygen atoms in total. The minimum Gasteiger partial charge on any atom is -0.342 e. The molecule has 1 aromatic rings. The van der Waals surface area contributed by atoms with Crippen LogP contribution in [0.5, 0.6) is 0 Å². The fourth-order valence-electron chi connectivity index (χ4n) is 2.77. The van der Waals surface area contributed by atoms with Gasteiger partial charge in [-0.3, -0.25) is 9.59 Å². The van der Waals surface area contributed by atoms with Gasteiger partial charge in [0.15, 0.2) is 17.5 Å². The number of piperidine rings is 1. The summed E-state index contributed by atoms with van der Waals surface area (Å²) in [6.07, 6.45) is 1.89. The van der Waals surface area contributed by atoms with Crippen LogP contribution in [0.4, 0.5) is 18.9 Å². The Hall–Kier alpha value is -2.05. The zero-order valence-electron chi connectivity index (χ0n) is 14.0. The lowest BCUT2D eigenvalue weighted by atomic mass is 9.88. The van der Waals surface area contributed by atoms with E-state index in [-0.39, 0.29) is 5.91 Å². The van der Waals surface area contributed by atoms with Crippen LogP contribution in [0.25, 0.3) is 0 Å². The molecule has 2 rings (SSSR count). The molecule has 1 N–H and O–H groups in total. The Kier molecular flexibility index (Phi) is 5.20. The largest absolute Gasteiger partial charge is 0.342 e. The summed E-state index contributed by atoms with van der Waals surface area (Å²) in [4.78, 5) is 26.7. The highest BCUT2D eigenvalue weighted by molar-refractivity contribution is 6.09. The first-order valence-electron chi connectivity index (χ1n) is 7.89. The van der Waals surface area contributed by atoms with Gasteiger partial charge >= 0.3 is 0 Å². The Bertz CT molecular complexity index is 661. The second-order valence-electron chi connectivity index (χ2n) is 6.80. The van der Waals surface area contributed by atoms with E-state index in [1.807, 2.05) is 6.92 Å². The molecule has 0 radical (unpaired) electrons. The summed E-state index contributed by atoms with van der Waals surface area (Å²) in [7, 11) is 0. The van der Waals surface area contributed by atoms with Crippen molar-refractivity contribution in [1.82, 2.24) is 4.90 Å². The molecule has 0 aliphatic carbocycles. The van der Waals surface area contributed by atoms with Crippen molar-refractivity contribution >= 4 is 17.5 Å². The number of nitrogens with one attached hydrogen (secondary N) is 1. The van der Waals surface area contributed by atoms with Crippen LogP contribution in [-0.2, 0) is 9.59 Å². The molecule has 0 aromatic heterocycles. The first-order chi connectivity index (χ1) is 11.1. The van der Waals surface area contributed by atoms with Crippen molar-refractivity contribution in [1.29, 1.82) is 0 Å². The Labute approximate surface area is 139 Å². The molecule has 2 amide bonds. The molecule has 1 aliphatic rings. The van der Waals surface area contributed by atoms with Crippen LogP contribution in [0.15, 0.2) is 12.1 Å². The first-order valence-corrected chi connectivity index (χ1v) is 7.89. The third kappa shape index (κ3) is 3.55. The third-order valence-corrected chi connectivity index (χ3v) is 4.33. The lowest BCUT2D eigenvalue weighted by Gasteiger charge is -2.36. The molecule has 0 saturated carbocycles. The predicted molar refractivity (Wildman–Crippen MR) is 83.7 cm³/mol. The van der Waals surface area contributed by atoms with Gasteiger partial charge in [0.2, 0.25) is 11.8 Å². The fourth-order valence-corrected chi connectivity index (χ4v) is 2.77. The number of nitrogens with zero attached hydrogens (tertiary/aromatic N) is 1. The van der Waals surface area contributed by atoms with E-state index in [4.69, 9.17) is 0 Å². The molecular weight excluding hydrogens is 321 g/mol. The monoisotopic (exact) mass is 342 g/mol. The van der Waals surface area contributed by atoms with Crippen molar-refractivity contribution in [2.24, 2.45) is 11.3 Å². The van der Waals surface area contributed by atoms with E-state index in [1.54, 1.807) is 4.90 Å². The minimum atomic E-state index is -1.67. The molecule has 132 valence electrons. The number of carbonyl (C=O) groups is 2. The number of anilines is 1. The number of hydrogen-bond donors (Lipinski definition) is 1. The molecule has 7 heteroatoms. The van der Waals surface area contributed by atoms with Crippen LogP contribution in [0.3, 0.4) is 0 Å². The maximum atomic E-state index is 13.7. The molecule has 1 heterocycles. The predicted octanol–water partition coefficient (Wildman–Crippen LogP) is 3.33. The Morgan fingerprint density at radius 3 is 2.50 bits per heavy atom. The highest BCUT2D eigenvalue weighted by Gasteiger charge is 2.40. The van der Waals surface area contributed by atoms with Crippen LogP contribution in [0.1, 0.15) is 33.6 Å². The van der Waals surface area contributed by atoms with Gasteiger partial charge in [-0.25, -0.2) is 13.2 Å². The van der Waals surface area contributed by atoms with Gasteiger partial charge in [-0.15, -0.1) is 0 Å². The minimum absolute atomic E-state index is 0.352. The van der Waals surface area contributed by atoms with Crippen molar-refractivity contribution in [2.75, 3.05) is 18.4 Å². The molecule has 1 aliphatic heterocycles. The molecular formula is C17H21F3N2O2. The van der Waals surface area contributed by atoms with Crippen molar-refractivity contribution in [2.45, 2.75) is 33.6 Å². The molecule has 0 bridgehead atoms. The summed E-state index contributed by atoms with van der Waals surface area (Å²) in [5.74, 6) is -5.28. The number of likely N-dealkylation sites (tertiary alicyclic amines) is 1. The first kappa shape index (κ1) is 18.3. The van der Waals surface area contributed by atoms with Crippen LogP contribution < -0.4 is 5.32 Å². The van der Waals surface area contributed by atoms with Crippen molar-refractivity contribution < 1.29 is 22.8 Å². The topological polar surface area (TPSA) is 49.4 Å². The zero-order valence-corrected chi connectivity index (χ0v) is 14.0. The average molecular weight is 342 g/mol.